The summed E-state index contributed by atoms with van der Waals surface area (Å²) in [5.41, 5.74) is 2.31. The van der Waals surface area contributed by atoms with E-state index in [0.717, 1.165) is 12.1 Å². The fourth-order valence-corrected chi connectivity index (χ4v) is 3.78. The molecule has 11 heteroatoms. The molecule has 0 aliphatic rings. The highest BCUT2D eigenvalue weighted by atomic mass is 19.4. The maximum Gasteiger partial charge on any atom is 0.416 e. The number of carbonyl (C=O) groups excluding carboxylic acids is 1. The van der Waals surface area contributed by atoms with Gasteiger partial charge in [0.25, 0.3) is 0 Å². The lowest BCUT2D eigenvalue weighted by atomic mass is 10.0. The summed E-state index contributed by atoms with van der Waals surface area (Å²) >= 11 is 0. The molecule has 43 heavy (non-hydrogen) atoms. The van der Waals surface area contributed by atoms with Gasteiger partial charge in [0.15, 0.2) is 6.61 Å². The lowest BCUT2D eigenvalue weighted by Gasteiger charge is -2.12. The van der Waals surface area contributed by atoms with Crippen LogP contribution in [0.5, 0.6) is 5.75 Å². The molecule has 0 saturated heterocycles. The first-order valence-corrected chi connectivity index (χ1v) is 12.8. The maximum atomic E-state index is 13.0. The molecular weight excluding hydrogens is 565 g/mol. The van der Waals surface area contributed by atoms with Crippen molar-refractivity contribution >= 4 is 23.0 Å². The zero-order valence-electron chi connectivity index (χ0n) is 23.7. The van der Waals surface area contributed by atoms with Crippen molar-refractivity contribution in [3.8, 4) is 18.1 Å². The SMILES string of the molecule is C#CCO/N=C(/C(C)=N/OCc1ccccc1/C(=C\OC)C(=O)OC)c1ccc(OCc2cccc(C(F)(F)F)c2)cc1. The van der Waals surface area contributed by atoms with Crippen LogP contribution in [0.2, 0.25) is 0 Å². The molecule has 0 heterocycles. The molecule has 0 fully saturated rings. The average Bonchev–Trinajstić information content (AvgIpc) is 3.01. The third-order valence-electron chi connectivity index (χ3n) is 5.80. The molecule has 0 atom stereocenters. The number of terminal acetylenes is 1. The van der Waals surface area contributed by atoms with Gasteiger partial charge in [-0.15, -0.1) is 6.42 Å². The molecule has 0 aromatic heterocycles. The molecular formula is C32H29F3N2O6. The normalized spacial score (nSPS) is 12.3. The predicted octanol–water partition coefficient (Wildman–Crippen LogP) is 6.39. The Bertz CT molecular complexity index is 1520. The second kappa shape index (κ2) is 15.7. The topological polar surface area (TPSA) is 87.9 Å². The number of alkyl halides is 3. The van der Waals surface area contributed by atoms with Gasteiger partial charge in [-0.2, -0.15) is 13.2 Å². The highest BCUT2D eigenvalue weighted by Gasteiger charge is 2.30. The van der Waals surface area contributed by atoms with Crippen molar-refractivity contribution in [2.75, 3.05) is 20.8 Å². The Kier molecular flexibility index (Phi) is 11.8. The molecule has 0 radical (unpaired) electrons. The highest BCUT2D eigenvalue weighted by Crippen LogP contribution is 2.30. The minimum Gasteiger partial charge on any atom is -0.503 e. The fraction of sp³-hybridized carbons (Fsp3) is 0.219. The van der Waals surface area contributed by atoms with Crippen LogP contribution in [0, 0.1) is 12.3 Å². The van der Waals surface area contributed by atoms with Crippen LogP contribution in [-0.2, 0) is 43.3 Å². The van der Waals surface area contributed by atoms with Gasteiger partial charge in [-0.25, -0.2) is 4.79 Å². The van der Waals surface area contributed by atoms with E-state index in [2.05, 4.69) is 16.2 Å². The van der Waals surface area contributed by atoms with Crippen molar-refractivity contribution in [2.24, 2.45) is 10.3 Å². The number of ether oxygens (including phenoxy) is 3. The minimum absolute atomic E-state index is 0.00632. The van der Waals surface area contributed by atoms with Crippen LogP contribution < -0.4 is 4.74 Å². The van der Waals surface area contributed by atoms with Gasteiger partial charge in [0.05, 0.1) is 26.0 Å². The Morgan fingerprint density at radius 2 is 1.70 bits per heavy atom. The van der Waals surface area contributed by atoms with E-state index in [1.54, 1.807) is 61.5 Å². The van der Waals surface area contributed by atoms with Gasteiger partial charge in [-0.1, -0.05) is 52.6 Å². The highest BCUT2D eigenvalue weighted by molar-refractivity contribution is 6.47. The number of oxime groups is 2. The number of halogens is 3. The number of benzene rings is 3. The van der Waals surface area contributed by atoms with Crippen molar-refractivity contribution in [3.63, 3.8) is 0 Å². The molecule has 224 valence electrons. The molecule has 0 N–H and O–H groups in total. The van der Waals surface area contributed by atoms with Crippen molar-refractivity contribution in [1.29, 1.82) is 0 Å². The first kappa shape index (κ1) is 32.3. The monoisotopic (exact) mass is 594 g/mol. The fourth-order valence-electron chi connectivity index (χ4n) is 3.78. The summed E-state index contributed by atoms with van der Waals surface area (Å²) < 4.78 is 54.6. The molecule has 0 saturated carbocycles. The standard InChI is InChI=1S/C32H29F3N2O6/c1-5-17-42-37-30(22(2)36-43-20-25-10-6-7-12-28(25)29(21-39-3)31(38)40-4)24-13-15-27(16-14-24)41-19-23-9-8-11-26(18-23)32(33,34)35/h1,6-16,18,21H,17,19-20H2,2-4H3/b29-21+,36-22+,37-30-. The van der Waals surface area contributed by atoms with Gasteiger partial charge in [0, 0.05) is 11.1 Å². The third kappa shape index (κ3) is 9.39. The van der Waals surface area contributed by atoms with Gasteiger partial charge in [-0.05, 0) is 54.4 Å². The van der Waals surface area contributed by atoms with E-state index in [-0.39, 0.29) is 25.4 Å². The molecule has 0 aliphatic heterocycles. The van der Waals surface area contributed by atoms with Gasteiger partial charge in [0.1, 0.15) is 36.0 Å². The number of methoxy groups -OCH3 is 2. The second-order valence-corrected chi connectivity index (χ2v) is 8.79. The second-order valence-electron chi connectivity index (χ2n) is 8.79. The summed E-state index contributed by atoms with van der Waals surface area (Å²) in [6.07, 6.45) is 2.13. The number of hydrogen-bond donors (Lipinski definition) is 0. The number of esters is 1. The maximum absolute atomic E-state index is 13.0. The van der Waals surface area contributed by atoms with E-state index < -0.39 is 17.7 Å². The molecule has 3 aromatic carbocycles. The molecule has 3 rings (SSSR count). The van der Waals surface area contributed by atoms with Gasteiger partial charge >= 0.3 is 12.1 Å². The lowest BCUT2D eigenvalue weighted by Crippen LogP contribution is -2.14. The summed E-state index contributed by atoms with van der Waals surface area (Å²) in [6, 6.07) is 18.7. The van der Waals surface area contributed by atoms with E-state index in [1.165, 1.54) is 26.5 Å². The van der Waals surface area contributed by atoms with Gasteiger partial charge in [-0.3, -0.25) is 0 Å². The van der Waals surface area contributed by atoms with Crippen LogP contribution in [0.1, 0.15) is 34.7 Å². The summed E-state index contributed by atoms with van der Waals surface area (Å²) in [4.78, 5) is 23.1. The van der Waals surface area contributed by atoms with Crippen molar-refractivity contribution in [3.05, 3.63) is 107 Å². The van der Waals surface area contributed by atoms with Crippen molar-refractivity contribution < 1.29 is 41.9 Å². The van der Waals surface area contributed by atoms with Crippen LogP contribution in [0.3, 0.4) is 0 Å². The van der Waals surface area contributed by atoms with Gasteiger partial charge < -0.3 is 23.9 Å². The average molecular weight is 595 g/mol. The van der Waals surface area contributed by atoms with E-state index in [4.69, 9.17) is 30.3 Å². The smallest absolute Gasteiger partial charge is 0.416 e. The third-order valence-corrected chi connectivity index (χ3v) is 5.80. The van der Waals surface area contributed by atoms with Crippen molar-refractivity contribution in [1.82, 2.24) is 0 Å². The Balaban J connectivity index is 1.75. The Morgan fingerprint density at radius 1 is 0.953 bits per heavy atom. The summed E-state index contributed by atoms with van der Waals surface area (Å²) in [7, 11) is 2.70. The van der Waals surface area contributed by atoms with Crippen LogP contribution in [0.25, 0.3) is 5.57 Å². The molecule has 0 aliphatic carbocycles. The van der Waals surface area contributed by atoms with E-state index >= 15 is 0 Å². The quantitative estimate of drug-likeness (QED) is 0.0434. The predicted molar refractivity (Wildman–Crippen MR) is 155 cm³/mol. The summed E-state index contributed by atoms with van der Waals surface area (Å²) in [5, 5.41) is 8.28. The first-order chi connectivity index (χ1) is 20.7. The lowest BCUT2D eigenvalue weighted by molar-refractivity contribution is -0.137. The van der Waals surface area contributed by atoms with E-state index in [9.17, 15) is 18.0 Å². The number of carbonyl (C=O) groups is 1. The Labute approximate surface area is 247 Å². The Morgan fingerprint density at radius 3 is 2.37 bits per heavy atom. The molecule has 0 bridgehead atoms. The van der Waals surface area contributed by atoms with Crippen LogP contribution in [0.4, 0.5) is 13.2 Å². The van der Waals surface area contributed by atoms with Crippen LogP contribution in [-0.4, -0.2) is 38.2 Å². The van der Waals surface area contributed by atoms with Crippen LogP contribution in [0.15, 0.2) is 89.4 Å². The minimum atomic E-state index is -4.44. The summed E-state index contributed by atoms with van der Waals surface area (Å²) in [5.74, 6) is 2.19. The number of nitrogens with zero attached hydrogens (tertiary/aromatic N) is 2. The zero-order valence-corrected chi connectivity index (χ0v) is 23.7. The van der Waals surface area contributed by atoms with E-state index in [1.807, 2.05) is 0 Å². The van der Waals surface area contributed by atoms with E-state index in [0.29, 0.717) is 39.4 Å². The summed E-state index contributed by atoms with van der Waals surface area (Å²) in [6.45, 7) is 1.53. The Hall–Kier alpha value is -5.24. The van der Waals surface area contributed by atoms with Crippen molar-refractivity contribution in [2.45, 2.75) is 26.3 Å². The molecule has 0 amide bonds. The largest absolute Gasteiger partial charge is 0.503 e. The molecule has 8 nitrogen and oxygen atoms in total. The number of rotatable bonds is 13. The van der Waals surface area contributed by atoms with Gasteiger partial charge in [0.2, 0.25) is 0 Å². The van der Waals surface area contributed by atoms with Crippen LogP contribution >= 0.6 is 0 Å². The number of hydrogen-bond acceptors (Lipinski definition) is 8. The molecule has 0 unspecified atom stereocenters. The molecule has 3 aromatic rings. The first-order valence-electron chi connectivity index (χ1n) is 12.8. The molecule has 0 spiro atoms. The zero-order chi connectivity index (χ0) is 31.2.